The maximum atomic E-state index is 13.4. The first-order valence-corrected chi connectivity index (χ1v) is 5.21. The lowest BCUT2D eigenvalue weighted by Gasteiger charge is -2.04. The summed E-state index contributed by atoms with van der Waals surface area (Å²) in [4.78, 5) is 0. The minimum atomic E-state index is -0.260. The summed E-state index contributed by atoms with van der Waals surface area (Å²) in [6.45, 7) is 2.16. The van der Waals surface area contributed by atoms with Crippen molar-refractivity contribution in [1.29, 1.82) is 5.26 Å². The largest absolute Gasteiger partial charge is 0.245 e. The minimum absolute atomic E-state index is 0.225. The van der Waals surface area contributed by atoms with Gasteiger partial charge in [-0.05, 0) is 13.0 Å². The Morgan fingerprint density at radius 1 is 1.41 bits per heavy atom. The van der Waals surface area contributed by atoms with Crippen LogP contribution in [0.3, 0.4) is 0 Å². The van der Waals surface area contributed by atoms with Crippen molar-refractivity contribution in [3.8, 4) is 6.07 Å². The van der Waals surface area contributed by atoms with E-state index in [1.807, 2.05) is 13.0 Å². The van der Waals surface area contributed by atoms with E-state index in [-0.39, 0.29) is 12.2 Å². The molecule has 0 radical (unpaired) electrons. The second kappa shape index (κ2) is 4.74. The van der Waals surface area contributed by atoms with Gasteiger partial charge in [-0.25, -0.2) is 9.07 Å². The van der Waals surface area contributed by atoms with E-state index in [9.17, 15) is 4.39 Å². The van der Waals surface area contributed by atoms with E-state index in [2.05, 4.69) is 10.3 Å². The van der Waals surface area contributed by atoms with E-state index in [0.717, 1.165) is 5.69 Å². The van der Waals surface area contributed by atoms with Gasteiger partial charge in [0.25, 0.3) is 0 Å². The van der Waals surface area contributed by atoms with Crippen molar-refractivity contribution in [3.63, 3.8) is 0 Å². The monoisotopic (exact) mass is 230 g/mol. The number of benzene rings is 1. The highest BCUT2D eigenvalue weighted by Gasteiger charge is 2.09. The van der Waals surface area contributed by atoms with E-state index >= 15 is 0 Å². The average molecular weight is 230 g/mol. The van der Waals surface area contributed by atoms with Gasteiger partial charge in [-0.3, -0.25) is 0 Å². The summed E-state index contributed by atoms with van der Waals surface area (Å²) in [6.07, 6.45) is 0.225. The summed E-state index contributed by atoms with van der Waals surface area (Å²) in [5, 5.41) is 16.4. The van der Waals surface area contributed by atoms with Crippen LogP contribution < -0.4 is 0 Å². The van der Waals surface area contributed by atoms with Crippen molar-refractivity contribution in [2.45, 2.75) is 19.9 Å². The maximum absolute atomic E-state index is 13.4. The Kier molecular flexibility index (Phi) is 3.15. The number of halogens is 1. The molecule has 0 aliphatic heterocycles. The van der Waals surface area contributed by atoms with Crippen LogP contribution in [0.15, 0.2) is 24.3 Å². The fourth-order valence-corrected chi connectivity index (χ4v) is 1.57. The van der Waals surface area contributed by atoms with Gasteiger partial charge in [0, 0.05) is 5.56 Å². The van der Waals surface area contributed by atoms with Gasteiger partial charge in [0.05, 0.1) is 30.4 Å². The Morgan fingerprint density at radius 2 is 2.18 bits per heavy atom. The molecule has 2 aromatic rings. The van der Waals surface area contributed by atoms with Crippen LogP contribution in [0.5, 0.6) is 0 Å². The quantitative estimate of drug-likeness (QED) is 0.808. The third-order valence-corrected chi connectivity index (χ3v) is 2.60. The van der Waals surface area contributed by atoms with Gasteiger partial charge in [0.2, 0.25) is 0 Å². The Labute approximate surface area is 98.3 Å². The van der Waals surface area contributed by atoms with Crippen LogP contribution in [-0.4, -0.2) is 15.0 Å². The molecule has 0 N–H and O–H groups in total. The Balaban J connectivity index is 2.26. The number of aromatic nitrogens is 3. The normalized spacial score (nSPS) is 10.2. The molecule has 0 fully saturated rings. The summed E-state index contributed by atoms with van der Waals surface area (Å²) >= 11 is 0. The highest BCUT2D eigenvalue weighted by atomic mass is 19.1. The van der Waals surface area contributed by atoms with Crippen LogP contribution in [0.25, 0.3) is 0 Å². The van der Waals surface area contributed by atoms with Crippen LogP contribution in [0, 0.1) is 24.1 Å². The summed E-state index contributed by atoms with van der Waals surface area (Å²) < 4.78 is 15.1. The highest BCUT2D eigenvalue weighted by Crippen LogP contribution is 2.11. The summed E-state index contributed by atoms with van der Waals surface area (Å²) in [5.41, 5.74) is 2.00. The van der Waals surface area contributed by atoms with Crippen LogP contribution in [0.4, 0.5) is 4.39 Å². The van der Waals surface area contributed by atoms with Gasteiger partial charge in [-0.15, -0.1) is 5.10 Å². The molecule has 1 heterocycles. The van der Waals surface area contributed by atoms with Crippen molar-refractivity contribution in [2.75, 3.05) is 0 Å². The van der Waals surface area contributed by atoms with E-state index in [1.54, 1.807) is 22.9 Å². The van der Waals surface area contributed by atoms with Gasteiger partial charge < -0.3 is 0 Å². The lowest BCUT2D eigenvalue weighted by Crippen LogP contribution is -2.06. The molecular weight excluding hydrogens is 219 g/mol. The van der Waals surface area contributed by atoms with Gasteiger partial charge in [0.15, 0.2) is 0 Å². The number of nitrogens with zero attached hydrogens (tertiary/aromatic N) is 4. The van der Waals surface area contributed by atoms with Crippen molar-refractivity contribution in [1.82, 2.24) is 15.0 Å². The van der Waals surface area contributed by atoms with Gasteiger partial charge in [0.1, 0.15) is 5.82 Å². The van der Waals surface area contributed by atoms with Crippen LogP contribution in [-0.2, 0) is 13.0 Å². The van der Waals surface area contributed by atoms with Crippen LogP contribution >= 0.6 is 0 Å². The molecular formula is C12H11FN4. The van der Waals surface area contributed by atoms with E-state index in [0.29, 0.717) is 17.8 Å². The number of nitriles is 1. The standard InChI is InChI=1S/C12H11FN4/c1-9-12(6-7-14)15-16-17(9)8-10-4-2-3-5-11(10)13/h2-5H,6,8H2,1H3. The summed E-state index contributed by atoms with van der Waals surface area (Å²) in [6, 6.07) is 8.57. The molecule has 0 amide bonds. The second-order valence-corrected chi connectivity index (χ2v) is 3.71. The first kappa shape index (κ1) is 11.3. The zero-order valence-electron chi connectivity index (χ0n) is 9.39. The molecule has 4 nitrogen and oxygen atoms in total. The number of rotatable bonds is 3. The molecule has 0 saturated carbocycles. The van der Waals surface area contributed by atoms with Crippen molar-refractivity contribution in [3.05, 3.63) is 47.0 Å². The van der Waals surface area contributed by atoms with Gasteiger partial charge >= 0.3 is 0 Å². The molecule has 0 spiro atoms. The molecule has 2 rings (SSSR count). The Bertz CT molecular complexity index is 568. The highest BCUT2D eigenvalue weighted by molar-refractivity contribution is 5.19. The van der Waals surface area contributed by atoms with E-state index in [4.69, 9.17) is 5.26 Å². The molecule has 0 aliphatic carbocycles. The molecule has 0 atom stereocenters. The molecule has 86 valence electrons. The Morgan fingerprint density at radius 3 is 2.88 bits per heavy atom. The lowest BCUT2D eigenvalue weighted by atomic mass is 10.2. The lowest BCUT2D eigenvalue weighted by molar-refractivity contribution is 0.571. The van der Waals surface area contributed by atoms with Crippen molar-refractivity contribution < 1.29 is 4.39 Å². The van der Waals surface area contributed by atoms with Crippen molar-refractivity contribution >= 4 is 0 Å². The number of hydrogen-bond acceptors (Lipinski definition) is 3. The third-order valence-electron chi connectivity index (χ3n) is 2.60. The zero-order chi connectivity index (χ0) is 12.3. The smallest absolute Gasteiger partial charge is 0.128 e. The predicted octanol–water partition coefficient (Wildman–Crippen LogP) is 1.84. The summed E-state index contributed by atoms with van der Waals surface area (Å²) in [5.74, 6) is -0.260. The number of hydrogen-bond donors (Lipinski definition) is 0. The van der Waals surface area contributed by atoms with Crippen LogP contribution in [0.2, 0.25) is 0 Å². The SMILES string of the molecule is Cc1c(CC#N)nnn1Cc1ccccc1F. The predicted molar refractivity (Wildman–Crippen MR) is 59.6 cm³/mol. The molecule has 5 heteroatoms. The minimum Gasteiger partial charge on any atom is -0.245 e. The first-order chi connectivity index (χ1) is 8.22. The van der Waals surface area contributed by atoms with E-state index < -0.39 is 0 Å². The molecule has 0 bridgehead atoms. The van der Waals surface area contributed by atoms with Gasteiger partial charge in [-0.1, -0.05) is 23.4 Å². The molecule has 1 aromatic carbocycles. The van der Waals surface area contributed by atoms with Crippen LogP contribution in [0.1, 0.15) is 17.0 Å². The second-order valence-electron chi connectivity index (χ2n) is 3.71. The van der Waals surface area contributed by atoms with Gasteiger partial charge in [-0.2, -0.15) is 5.26 Å². The molecule has 17 heavy (non-hydrogen) atoms. The summed E-state index contributed by atoms with van der Waals surface area (Å²) in [7, 11) is 0. The Hall–Kier alpha value is -2.22. The average Bonchev–Trinajstić information content (AvgIpc) is 2.65. The molecule has 0 unspecified atom stereocenters. The fourth-order valence-electron chi connectivity index (χ4n) is 1.57. The maximum Gasteiger partial charge on any atom is 0.128 e. The third kappa shape index (κ3) is 2.31. The topological polar surface area (TPSA) is 54.5 Å². The molecule has 0 saturated heterocycles. The zero-order valence-corrected chi connectivity index (χ0v) is 9.39. The van der Waals surface area contributed by atoms with E-state index in [1.165, 1.54) is 6.07 Å². The fraction of sp³-hybridized carbons (Fsp3) is 0.250. The first-order valence-electron chi connectivity index (χ1n) is 5.21. The molecule has 1 aromatic heterocycles. The van der Waals surface area contributed by atoms with Crippen molar-refractivity contribution in [2.24, 2.45) is 0 Å². The molecule has 0 aliphatic rings.